The minimum atomic E-state index is -1.95. The van der Waals surface area contributed by atoms with Gasteiger partial charge >= 0.3 is 6.01 Å². The second kappa shape index (κ2) is 13.6. The Morgan fingerprint density at radius 3 is 2.69 bits per heavy atom. The molecule has 3 saturated heterocycles. The molecule has 0 bridgehead atoms. The number of pyridine rings is 1. The first-order chi connectivity index (χ1) is 24.6. The van der Waals surface area contributed by atoms with Gasteiger partial charge in [0, 0.05) is 52.6 Å². The summed E-state index contributed by atoms with van der Waals surface area (Å²) in [5.74, 6) is 0.862. The van der Waals surface area contributed by atoms with Crippen LogP contribution in [0.3, 0.4) is 0 Å². The predicted octanol–water partition coefficient (Wildman–Crippen LogP) is 5.94. The van der Waals surface area contributed by atoms with Gasteiger partial charge in [-0.2, -0.15) is 9.97 Å². The van der Waals surface area contributed by atoms with Gasteiger partial charge in [-0.05, 0) is 74.3 Å². The highest BCUT2D eigenvalue weighted by atomic mass is 35.5. The van der Waals surface area contributed by atoms with Crippen molar-refractivity contribution in [1.29, 1.82) is 0 Å². The monoisotopic (exact) mass is 733 g/mol. The fraction of sp³-hybridized carbons (Fsp3) is 0.541. The molecule has 8 nitrogen and oxygen atoms in total. The van der Waals surface area contributed by atoms with Crippen molar-refractivity contribution in [2.75, 3.05) is 37.7 Å². The number of nitrogens with zero attached hydrogens (tertiary/aromatic N) is 5. The first kappa shape index (κ1) is 37.7. The number of aryl methyl sites for hydroxylation is 1. The summed E-state index contributed by atoms with van der Waals surface area (Å²) in [4.78, 5) is 19.0. The van der Waals surface area contributed by atoms with Crippen molar-refractivity contribution in [3.05, 3.63) is 46.6 Å². The first-order valence-corrected chi connectivity index (χ1v) is 19.2. The Kier molecular flexibility index (Phi) is 9.85. The molecule has 4 aliphatic rings. The van der Waals surface area contributed by atoms with Crippen molar-refractivity contribution in [2.24, 2.45) is 0 Å². The number of benzene rings is 1. The number of ether oxygens (including phenoxy) is 2. The SMILES string of the molecule is CC.[B]C1([B])CCC2(C([B])([B])Oc3nc(N4CCOC[C@@](C)(O)C4)c4c(n3)sc3c(-c5c(C=C)c(C)cc(Cl)c5C5CC5)nccc34)C[C@H](F)CN12. The summed E-state index contributed by atoms with van der Waals surface area (Å²) in [7, 11) is 26.4. The second-order valence-corrected chi connectivity index (χ2v) is 16.2. The molecule has 1 unspecified atom stereocenters. The van der Waals surface area contributed by atoms with Crippen LogP contribution in [0.15, 0.2) is 24.9 Å². The molecule has 1 saturated carbocycles. The van der Waals surface area contributed by atoms with Crippen LogP contribution in [0.4, 0.5) is 10.2 Å². The summed E-state index contributed by atoms with van der Waals surface area (Å²) in [6, 6.07) is 3.87. The van der Waals surface area contributed by atoms with E-state index in [1.54, 1.807) is 18.0 Å². The van der Waals surface area contributed by atoms with Gasteiger partial charge in [-0.25, -0.2) is 4.39 Å². The fourth-order valence-electron chi connectivity index (χ4n) is 8.37. The highest BCUT2D eigenvalue weighted by molar-refractivity contribution is 7.26. The molecule has 3 aromatic heterocycles. The zero-order valence-corrected chi connectivity index (χ0v) is 31.8. The van der Waals surface area contributed by atoms with Crippen molar-refractivity contribution in [1.82, 2.24) is 19.9 Å². The normalized spacial score (nSPS) is 26.2. The number of aromatic nitrogens is 3. The molecule has 4 aromatic rings. The quantitative estimate of drug-likeness (QED) is 0.234. The van der Waals surface area contributed by atoms with Crippen molar-refractivity contribution < 1.29 is 19.0 Å². The lowest BCUT2D eigenvalue weighted by Gasteiger charge is -2.49. The summed E-state index contributed by atoms with van der Waals surface area (Å²) in [5, 5.41) is 10.3. The summed E-state index contributed by atoms with van der Waals surface area (Å²) in [6.07, 6.45) is 5.23. The lowest BCUT2D eigenvalue weighted by atomic mass is 9.52. The molecular weight excluding hydrogens is 692 g/mol. The van der Waals surface area contributed by atoms with Gasteiger partial charge in [-0.15, -0.1) is 11.3 Å². The first-order valence-electron chi connectivity index (χ1n) is 18.0. The Morgan fingerprint density at radius 2 is 1.98 bits per heavy atom. The van der Waals surface area contributed by atoms with Crippen molar-refractivity contribution in [3.63, 3.8) is 0 Å². The van der Waals surface area contributed by atoms with E-state index < -0.39 is 28.0 Å². The van der Waals surface area contributed by atoms with E-state index in [2.05, 4.69) is 6.58 Å². The topological polar surface area (TPSA) is 83.8 Å². The second-order valence-electron chi connectivity index (χ2n) is 14.8. The Bertz CT molecular complexity index is 2050. The van der Waals surface area contributed by atoms with Gasteiger partial charge in [-0.3, -0.25) is 4.98 Å². The number of anilines is 1. The number of aliphatic hydroxyl groups is 1. The van der Waals surface area contributed by atoms with Crippen LogP contribution in [0.5, 0.6) is 6.01 Å². The molecule has 1 N–H and O–H groups in total. The molecule has 264 valence electrons. The van der Waals surface area contributed by atoms with Crippen LogP contribution in [-0.4, -0.2) is 117 Å². The van der Waals surface area contributed by atoms with Gasteiger partial charge in [0.15, 0.2) is 0 Å². The molecule has 4 fully saturated rings. The van der Waals surface area contributed by atoms with Crippen LogP contribution < -0.4 is 9.64 Å². The minimum Gasteiger partial charge on any atom is -0.475 e. The van der Waals surface area contributed by atoms with Crippen molar-refractivity contribution >= 4 is 86.5 Å². The van der Waals surface area contributed by atoms with Crippen LogP contribution in [0.1, 0.15) is 75.5 Å². The van der Waals surface area contributed by atoms with Crippen LogP contribution in [0.25, 0.3) is 37.6 Å². The number of halogens is 2. The molecule has 3 atom stereocenters. The zero-order valence-electron chi connectivity index (χ0n) is 30.2. The molecule has 3 aliphatic heterocycles. The van der Waals surface area contributed by atoms with Gasteiger partial charge in [0.1, 0.15) is 38.1 Å². The zero-order chi connectivity index (χ0) is 37.4. The lowest BCUT2D eigenvalue weighted by molar-refractivity contribution is -0.0123. The van der Waals surface area contributed by atoms with Gasteiger partial charge in [-0.1, -0.05) is 43.4 Å². The number of thiophene rings is 1. The number of β-amino-alcohol motifs (C(OH)–C–C–N with tert-alkyl or cyclic N) is 1. The van der Waals surface area contributed by atoms with Gasteiger partial charge in [0.05, 0.1) is 51.2 Å². The summed E-state index contributed by atoms with van der Waals surface area (Å²) >= 11 is 8.39. The van der Waals surface area contributed by atoms with E-state index in [-0.39, 0.29) is 32.1 Å². The Hall–Kier alpha value is -2.63. The van der Waals surface area contributed by atoms with E-state index in [0.29, 0.717) is 42.6 Å². The lowest BCUT2D eigenvalue weighted by Crippen LogP contribution is -2.66. The third kappa shape index (κ3) is 6.28. The molecule has 0 amide bonds. The fourth-order valence-corrected chi connectivity index (χ4v) is 9.93. The van der Waals surface area contributed by atoms with E-state index in [4.69, 9.17) is 67.4 Å². The van der Waals surface area contributed by atoms with E-state index in [0.717, 1.165) is 61.3 Å². The molecule has 0 spiro atoms. The Balaban J connectivity index is 0.00000207. The highest BCUT2D eigenvalue weighted by Crippen LogP contribution is 2.53. The van der Waals surface area contributed by atoms with Crippen LogP contribution in [0, 0.1) is 6.92 Å². The molecule has 52 heavy (non-hydrogen) atoms. The Morgan fingerprint density at radius 1 is 1.23 bits per heavy atom. The predicted molar refractivity (Wildman–Crippen MR) is 212 cm³/mol. The van der Waals surface area contributed by atoms with Gasteiger partial charge in [0.25, 0.3) is 0 Å². The Labute approximate surface area is 319 Å². The van der Waals surface area contributed by atoms with E-state index in [9.17, 15) is 9.50 Å². The third-order valence-electron chi connectivity index (χ3n) is 10.8. The average molecular weight is 734 g/mol. The van der Waals surface area contributed by atoms with E-state index in [1.807, 2.05) is 43.9 Å². The van der Waals surface area contributed by atoms with Crippen LogP contribution in [-0.2, 0) is 4.74 Å². The molecule has 6 heterocycles. The number of hydrogen-bond acceptors (Lipinski definition) is 9. The molecular formula is C37H41B4ClFN5O3S. The summed E-state index contributed by atoms with van der Waals surface area (Å²) in [5.41, 5.74) is 2.48. The minimum absolute atomic E-state index is 0.00349. The molecule has 8 radical (unpaired) electrons. The van der Waals surface area contributed by atoms with E-state index in [1.165, 1.54) is 11.3 Å². The molecule has 1 aliphatic carbocycles. The number of alkyl halides is 1. The summed E-state index contributed by atoms with van der Waals surface area (Å²) < 4.78 is 28.0. The molecule has 8 rings (SSSR count). The van der Waals surface area contributed by atoms with Crippen LogP contribution >= 0.6 is 22.9 Å². The van der Waals surface area contributed by atoms with Crippen LogP contribution in [0.2, 0.25) is 5.02 Å². The molecule has 15 heteroatoms. The standard InChI is InChI=1S/C35H35B4ClFN5O3S.C2H6/c1-4-21-18(2)13-23(40)24(19-5-6-19)25(21)27-28-22(7-10-42-27)26-29(45-11-12-48-17-32(3,47)16-45)43-31(44-30(26)50-28)49-35(38,39)33-8-9-34(36,37)46(33)15-20(41)14-33;1-2/h4,7,10,13,19-20,47H,1,5-6,8-9,11-12,14-17H2,2-3H3;1-2H3/t20-,32-,33?;/m0./s1. The van der Waals surface area contributed by atoms with Crippen molar-refractivity contribution in [2.45, 2.75) is 93.8 Å². The third-order valence-corrected chi connectivity index (χ3v) is 12.3. The largest absolute Gasteiger partial charge is 0.475 e. The maximum Gasteiger partial charge on any atom is 0.318 e. The summed E-state index contributed by atoms with van der Waals surface area (Å²) in [6.45, 7) is 13.1. The van der Waals surface area contributed by atoms with Gasteiger partial charge < -0.3 is 24.4 Å². The maximum atomic E-state index is 15.0. The number of fused-ring (bicyclic) bond motifs is 4. The van der Waals surface area contributed by atoms with Crippen molar-refractivity contribution in [3.8, 4) is 17.3 Å². The number of hydrogen-bond donors (Lipinski definition) is 1. The van der Waals surface area contributed by atoms with E-state index >= 15 is 0 Å². The average Bonchev–Trinajstić information content (AvgIpc) is 3.72. The molecule has 1 aromatic carbocycles. The van der Waals surface area contributed by atoms with Gasteiger partial charge in [0.2, 0.25) is 0 Å². The smallest absolute Gasteiger partial charge is 0.318 e. The number of rotatable bonds is 7. The maximum absolute atomic E-state index is 15.0. The highest BCUT2D eigenvalue weighted by Gasteiger charge is 2.62.